The van der Waals surface area contributed by atoms with Gasteiger partial charge in [-0.05, 0) is 62.8 Å². The van der Waals surface area contributed by atoms with Crippen molar-refractivity contribution in [1.29, 1.82) is 0 Å². The number of rotatable bonds is 7. The fourth-order valence-corrected chi connectivity index (χ4v) is 3.94. The van der Waals surface area contributed by atoms with E-state index in [-0.39, 0.29) is 0 Å². The summed E-state index contributed by atoms with van der Waals surface area (Å²) in [5.41, 5.74) is 0. The van der Waals surface area contributed by atoms with Crippen LogP contribution in [-0.2, 0) is 0 Å². The van der Waals surface area contributed by atoms with E-state index < -0.39 is 0 Å². The molecule has 1 N–H and O–H groups in total. The molecular weight excluding hydrogens is 194 g/mol. The van der Waals surface area contributed by atoms with Crippen LogP contribution in [-0.4, -0.2) is 12.6 Å². The van der Waals surface area contributed by atoms with Crippen molar-refractivity contribution in [3.8, 4) is 0 Å². The Balaban J connectivity index is 1.78. The molecule has 0 aromatic rings. The summed E-state index contributed by atoms with van der Waals surface area (Å²) in [6.07, 6.45) is 12.1. The molecule has 1 nitrogen and oxygen atoms in total. The van der Waals surface area contributed by atoms with Gasteiger partial charge in [0.2, 0.25) is 0 Å². The second-order valence-electron chi connectivity index (χ2n) is 5.79. The molecule has 0 radical (unpaired) electrons. The molecule has 2 bridgehead atoms. The third-order valence-electron chi connectivity index (χ3n) is 4.68. The maximum Gasteiger partial charge on any atom is 0.00726 e. The molecule has 0 heterocycles. The zero-order valence-electron chi connectivity index (χ0n) is 10.8. The molecule has 0 amide bonds. The van der Waals surface area contributed by atoms with Gasteiger partial charge in [0.25, 0.3) is 0 Å². The topological polar surface area (TPSA) is 12.0 Å². The lowest BCUT2D eigenvalue weighted by Crippen LogP contribution is -2.32. The number of hydrogen-bond donors (Lipinski definition) is 1. The summed E-state index contributed by atoms with van der Waals surface area (Å²) in [7, 11) is 0. The van der Waals surface area contributed by atoms with Crippen molar-refractivity contribution in [3.05, 3.63) is 12.7 Å². The Morgan fingerprint density at radius 3 is 2.81 bits per heavy atom. The molecule has 0 saturated heterocycles. The fourth-order valence-electron chi connectivity index (χ4n) is 3.94. The smallest absolute Gasteiger partial charge is 0.00726 e. The largest absolute Gasteiger partial charge is 0.314 e. The highest BCUT2D eigenvalue weighted by Gasteiger charge is 2.39. The van der Waals surface area contributed by atoms with Crippen molar-refractivity contribution < 1.29 is 0 Å². The van der Waals surface area contributed by atoms with Gasteiger partial charge in [-0.15, -0.1) is 6.58 Å². The average molecular weight is 221 g/mol. The van der Waals surface area contributed by atoms with Crippen LogP contribution in [0.3, 0.4) is 0 Å². The van der Waals surface area contributed by atoms with Crippen molar-refractivity contribution in [2.45, 2.75) is 57.9 Å². The highest BCUT2D eigenvalue weighted by atomic mass is 14.9. The van der Waals surface area contributed by atoms with Crippen molar-refractivity contribution in [2.75, 3.05) is 6.54 Å². The van der Waals surface area contributed by atoms with Crippen molar-refractivity contribution in [1.82, 2.24) is 5.32 Å². The molecule has 0 aromatic carbocycles. The standard InChI is InChI=1S/C15H27N/c1-3-5-6-15(16-4-2)11-14-10-12-7-8-13(14)9-12/h3,12-16H,1,4-11H2,2H3. The lowest BCUT2D eigenvalue weighted by Gasteiger charge is -2.27. The lowest BCUT2D eigenvalue weighted by atomic mass is 9.83. The van der Waals surface area contributed by atoms with Crippen LogP contribution >= 0.6 is 0 Å². The zero-order chi connectivity index (χ0) is 11.4. The van der Waals surface area contributed by atoms with E-state index >= 15 is 0 Å². The van der Waals surface area contributed by atoms with Gasteiger partial charge in [0, 0.05) is 6.04 Å². The van der Waals surface area contributed by atoms with Crippen LogP contribution in [0.2, 0.25) is 0 Å². The van der Waals surface area contributed by atoms with E-state index in [1.54, 1.807) is 6.42 Å². The Hall–Kier alpha value is -0.300. The van der Waals surface area contributed by atoms with Crippen LogP contribution in [0, 0.1) is 17.8 Å². The van der Waals surface area contributed by atoms with Crippen LogP contribution in [0.15, 0.2) is 12.7 Å². The summed E-state index contributed by atoms with van der Waals surface area (Å²) in [5.74, 6) is 3.21. The molecule has 2 aliphatic rings. The highest BCUT2D eigenvalue weighted by molar-refractivity contribution is 4.92. The molecule has 0 aliphatic heterocycles. The maximum atomic E-state index is 3.83. The fraction of sp³-hybridized carbons (Fsp3) is 0.867. The van der Waals surface area contributed by atoms with Gasteiger partial charge in [0.1, 0.15) is 0 Å². The Labute approximate surface area is 101 Å². The molecule has 4 atom stereocenters. The minimum atomic E-state index is 0.743. The first kappa shape index (κ1) is 12.2. The van der Waals surface area contributed by atoms with Gasteiger partial charge >= 0.3 is 0 Å². The van der Waals surface area contributed by atoms with Gasteiger partial charge in [-0.3, -0.25) is 0 Å². The Kier molecular flexibility index (Phi) is 4.45. The van der Waals surface area contributed by atoms with E-state index in [4.69, 9.17) is 0 Å². The first-order chi connectivity index (χ1) is 7.83. The van der Waals surface area contributed by atoms with Gasteiger partial charge in [0.15, 0.2) is 0 Å². The predicted octanol–water partition coefficient (Wildman–Crippen LogP) is 3.76. The van der Waals surface area contributed by atoms with Crippen molar-refractivity contribution >= 4 is 0 Å². The molecule has 92 valence electrons. The molecule has 0 aromatic heterocycles. The highest BCUT2D eigenvalue weighted by Crippen LogP contribution is 2.50. The van der Waals surface area contributed by atoms with Gasteiger partial charge in [0.05, 0.1) is 0 Å². The second-order valence-corrected chi connectivity index (χ2v) is 5.79. The second kappa shape index (κ2) is 5.86. The SMILES string of the molecule is C=CCCC(CC1CC2CCC1C2)NCC. The quantitative estimate of drug-likeness (QED) is 0.646. The van der Waals surface area contributed by atoms with E-state index in [0.717, 1.165) is 30.3 Å². The summed E-state index contributed by atoms with van der Waals surface area (Å²) in [4.78, 5) is 0. The van der Waals surface area contributed by atoms with E-state index in [0.29, 0.717) is 0 Å². The molecule has 2 rings (SSSR count). The summed E-state index contributed by atoms with van der Waals surface area (Å²) < 4.78 is 0. The Bertz CT molecular complexity index is 223. The normalized spacial score (nSPS) is 34.2. The van der Waals surface area contributed by atoms with Crippen LogP contribution in [0.1, 0.15) is 51.9 Å². The number of allylic oxidation sites excluding steroid dienone is 1. The predicted molar refractivity (Wildman–Crippen MR) is 70.5 cm³/mol. The molecule has 16 heavy (non-hydrogen) atoms. The van der Waals surface area contributed by atoms with Gasteiger partial charge < -0.3 is 5.32 Å². The van der Waals surface area contributed by atoms with Gasteiger partial charge in [-0.1, -0.05) is 19.4 Å². The van der Waals surface area contributed by atoms with Crippen LogP contribution in [0.5, 0.6) is 0 Å². The third kappa shape index (κ3) is 2.88. The van der Waals surface area contributed by atoms with Crippen molar-refractivity contribution in [2.24, 2.45) is 17.8 Å². The minimum absolute atomic E-state index is 0.743. The number of hydrogen-bond acceptors (Lipinski definition) is 1. The molecule has 0 spiro atoms. The first-order valence-electron chi connectivity index (χ1n) is 7.17. The van der Waals surface area contributed by atoms with Crippen LogP contribution in [0.4, 0.5) is 0 Å². The van der Waals surface area contributed by atoms with E-state index in [9.17, 15) is 0 Å². The minimum Gasteiger partial charge on any atom is -0.314 e. The molecule has 2 aliphatic carbocycles. The van der Waals surface area contributed by atoms with Crippen LogP contribution < -0.4 is 5.32 Å². The summed E-state index contributed by atoms with van der Waals surface area (Å²) in [6, 6.07) is 0.743. The summed E-state index contributed by atoms with van der Waals surface area (Å²) in [6.45, 7) is 7.17. The van der Waals surface area contributed by atoms with Gasteiger partial charge in [-0.2, -0.15) is 0 Å². The Morgan fingerprint density at radius 2 is 2.25 bits per heavy atom. The lowest BCUT2D eigenvalue weighted by molar-refractivity contribution is 0.273. The number of nitrogens with one attached hydrogen (secondary N) is 1. The maximum absolute atomic E-state index is 3.83. The number of fused-ring (bicyclic) bond motifs is 2. The first-order valence-corrected chi connectivity index (χ1v) is 7.17. The van der Waals surface area contributed by atoms with E-state index in [2.05, 4.69) is 24.9 Å². The summed E-state index contributed by atoms with van der Waals surface area (Å²) >= 11 is 0. The Morgan fingerprint density at radius 1 is 1.38 bits per heavy atom. The van der Waals surface area contributed by atoms with E-state index in [1.807, 2.05) is 0 Å². The molecule has 2 fully saturated rings. The molecular formula is C15H27N. The van der Waals surface area contributed by atoms with Crippen molar-refractivity contribution in [3.63, 3.8) is 0 Å². The third-order valence-corrected chi connectivity index (χ3v) is 4.68. The average Bonchev–Trinajstić information content (AvgIpc) is 2.88. The monoisotopic (exact) mass is 221 g/mol. The van der Waals surface area contributed by atoms with Gasteiger partial charge in [-0.25, -0.2) is 0 Å². The van der Waals surface area contributed by atoms with E-state index in [1.165, 1.54) is 38.5 Å². The van der Waals surface area contributed by atoms with Crippen LogP contribution in [0.25, 0.3) is 0 Å². The molecule has 2 saturated carbocycles. The zero-order valence-corrected chi connectivity index (χ0v) is 10.8. The summed E-state index contributed by atoms with van der Waals surface area (Å²) in [5, 5.41) is 3.66. The molecule has 1 heteroatoms. The molecule has 4 unspecified atom stereocenters.